The number of thiophene rings is 1. The Balaban J connectivity index is 1.61. The molecule has 4 rings (SSSR count). The van der Waals surface area contributed by atoms with Crippen molar-refractivity contribution in [3.8, 4) is 11.4 Å². The molecule has 2 aromatic heterocycles. The number of carbonyl (C=O) groups excluding carboxylic acids is 1. The average Bonchev–Trinajstić information content (AvgIpc) is 3.23. The van der Waals surface area contributed by atoms with Crippen molar-refractivity contribution in [3.05, 3.63) is 91.7 Å². The molecule has 7 nitrogen and oxygen atoms in total. The summed E-state index contributed by atoms with van der Waals surface area (Å²) in [4.78, 5) is 37.5. The fraction of sp³-hybridized carbons (Fsp3) is 0.0870. The minimum atomic E-state index is -1.25. The number of amides is 1. The first-order chi connectivity index (χ1) is 15.8. The summed E-state index contributed by atoms with van der Waals surface area (Å²) in [6.07, 6.45) is 1.54. The van der Waals surface area contributed by atoms with Gasteiger partial charge in [0.25, 0.3) is 11.5 Å². The molecule has 0 radical (unpaired) electrons. The van der Waals surface area contributed by atoms with Crippen LogP contribution < -0.4 is 15.6 Å². The Hall–Kier alpha value is -3.69. The smallest absolute Gasteiger partial charge is 0.331 e. The Morgan fingerprint density at radius 1 is 1.15 bits per heavy atom. The van der Waals surface area contributed by atoms with E-state index in [1.54, 1.807) is 30.3 Å². The molecule has 0 saturated carbocycles. The molecule has 10 heteroatoms. The van der Waals surface area contributed by atoms with Crippen molar-refractivity contribution in [2.45, 2.75) is 6.04 Å². The number of nitrogens with one attached hydrogen (secondary N) is 1. The van der Waals surface area contributed by atoms with E-state index in [-0.39, 0.29) is 16.7 Å². The number of carbonyl (C=O) groups is 2. The first-order valence-corrected chi connectivity index (χ1v) is 10.8. The van der Waals surface area contributed by atoms with Crippen molar-refractivity contribution in [2.75, 3.05) is 7.11 Å². The number of rotatable bonds is 6. The zero-order valence-electron chi connectivity index (χ0n) is 17.0. The maximum atomic E-state index is 14.1. The molecule has 1 amide bonds. The van der Waals surface area contributed by atoms with Crippen molar-refractivity contribution >= 4 is 45.6 Å². The van der Waals surface area contributed by atoms with Crippen LogP contribution in [0.3, 0.4) is 0 Å². The lowest BCUT2D eigenvalue weighted by atomic mass is 10.1. The predicted octanol–water partition coefficient (Wildman–Crippen LogP) is 4.41. The molecular weight excluding hydrogens is 471 g/mol. The lowest BCUT2D eigenvalue weighted by Crippen LogP contribution is -2.33. The first kappa shape index (κ1) is 22.5. The van der Waals surface area contributed by atoms with E-state index in [0.29, 0.717) is 20.3 Å². The van der Waals surface area contributed by atoms with Crippen LogP contribution in [-0.4, -0.2) is 28.7 Å². The van der Waals surface area contributed by atoms with Crippen LogP contribution >= 0.6 is 22.9 Å². The van der Waals surface area contributed by atoms with Gasteiger partial charge in [0.1, 0.15) is 0 Å². The lowest BCUT2D eigenvalue weighted by Gasteiger charge is -2.13. The molecule has 0 fully saturated rings. The van der Waals surface area contributed by atoms with Gasteiger partial charge in [-0.1, -0.05) is 11.6 Å². The van der Waals surface area contributed by atoms with Gasteiger partial charge < -0.3 is 15.2 Å². The zero-order valence-corrected chi connectivity index (χ0v) is 18.6. The Bertz CT molecular complexity index is 1430. The van der Waals surface area contributed by atoms with Gasteiger partial charge >= 0.3 is 5.97 Å². The fourth-order valence-corrected chi connectivity index (χ4v) is 4.44. The van der Waals surface area contributed by atoms with Gasteiger partial charge in [0.05, 0.1) is 16.8 Å². The van der Waals surface area contributed by atoms with Crippen molar-refractivity contribution < 1.29 is 23.8 Å². The second kappa shape index (κ2) is 9.05. The molecule has 1 atom stereocenters. The predicted molar refractivity (Wildman–Crippen MR) is 123 cm³/mol. The molecule has 0 aliphatic carbocycles. The van der Waals surface area contributed by atoms with E-state index >= 15 is 0 Å². The molecule has 2 N–H and O–H groups in total. The van der Waals surface area contributed by atoms with Gasteiger partial charge in [-0.25, -0.2) is 9.18 Å². The van der Waals surface area contributed by atoms with E-state index in [4.69, 9.17) is 16.3 Å². The monoisotopic (exact) mass is 486 g/mol. The van der Waals surface area contributed by atoms with Gasteiger partial charge in [-0.3, -0.25) is 14.2 Å². The SMILES string of the molecule is COc1cc2ccn(-c3ccc(C(=O)NC(C(=O)O)c4ccc(Cl)s4)cc3)c(=O)c2cc1F. The van der Waals surface area contributed by atoms with Crippen LogP contribution in [0, 0.1) is 5.82 Å². The number of hydrogen-bond donors (Lipinski definition) is 2. The Labute approximate surface area is 195 Å². The van der Waals surface area contributed by atoms with Gasteiger partial charge in [0.2, 0.25) is 0 Å². The number of aromatic nitrogens is 1. The Kier molecular flexibility index (Phi) is 6.17. The van der Waals surface area contributed by atoms with Gasteiger partial charge in [-0.2, -0.15) is 0 Å². The molecule has 0 saturated heterocycles. The number of aliphatic carboxylic acids is 1. The molecule has 0 aliphatic rings. The largest absolute Gasteiger partial charge is 0.494 e. The third kappa shape index (κ3) is 4.46. The minimum absolute atomic E-state index is 0.0412. The van der Waals surface area contributed by atoms with Gasteiger partial charge in [-0.15, -0.1) is 11.3 Å². The molecule has 168 valence electrons. The average molecular weight is 487 g/mol. The molecule has 0 spiro atoms. The van der Waals surface area contributed by atoms with E-state index in [1.807, 2.05) is 0 Å². The van der Waals surface area contributed by atoms with Crippen molar-refractivity contribution in [1.82, 2.24) is 9.88 Å². The Morgan fingerprint density at radius 3 is 2.48 bits per heavy atom. The van der Waals surface area contributed by atoms with Crippen LogP contribution in [0.5, 0.6) is 5.75 Å². The topological polar surface area (TPSA) is 97.6 Å². The van der Waals surface area contributed by atoms with Crippen LogP contribution in [0.1, 0.15) is 21.3 Å². The third-order valence-corrected chi connectivity index (χ3v) is 6.28. The fourth-order valence-electron chi connectivity index (χ4n) is 3.33. The molecule has 1 unspecified atom stereocenters. The van der Waals surface area contributed by atoms with Crippen LogP contribution in [-0.2, 0) is 4.79 Å². The molecule has 33 heavy (non-hydrogen) atoms. The summed E-state index contributed by atoms with van der Waals surface area (Å²) in [6, 6.07) is 12.1. The first-order valence-electron chi connectivity index (χ1n) is 9.56. The van der Waals surface area contributed by atoms with E-state index in [0.717, 1.165) is 17.4 Å². The van der Waals surface area contributed by atoms with E-state index in [1.165, 1.54) is 36.1 Å². The van der Waals surface area contributed by atoms with Crippen molar-refractivity contribution in [3.63, 3.8) is 0 Å². The minimum Gasteiger partial charge on any atom is -0.494 e. The number of carboxylic acid groups (broad SMARTS) is 1. The van der Waals surface area contributed by atoms with Crippen LogP contribution in [0.25, 0.3) is 16.5 Å². The Morgan fingerprint density at radius 2 is 1.88 bits per heavy atom. The highest BCUT2D eigenvalue weighted by molar-refractivity contribution is 7.16. The van der Waals surface area contributed by atoms with Crippen LogP contribution in [0.15, 0.2) is 65.6 Å². The van der Waals surface area contributed by atoms with Gasteiger partial charge in [0, 0.05) is 22.3 Å². The van der Waals surface area contributed by atoms with E-state index in [9.17, 15) is 23.9 Å². The quantitative estimate of drug-likeness (QED) is 0.421. The molecule has 2 aromatic carbocycles. The number of nitrogens with zero attached hydrogens (tertiary/aromatic N) is 1. The summed E-state index contributed by atoms with van der Waals surface area (Å²) in [5.74, 6) is -2.42. The summed E-state index contributed by atoms with van der Waals surface area (Å²) >= 11 is 6.93. The zero-order chi connectivity index (χ0) is 23.7. The number of ether oxygens (including phenoxy) is 1. The molecular formula is C23H16ClFN2O5S. The van der Waals surface area contributed by atoms with Gasteiger partial charge in [-0.05, 0) is 60.0 Å². The van der Waals surface area contributed by atoms with E-state index < -0.39 is 29.3 Å². The number of fused-ring (bicyclic) bond motifs is 1. The van der Waals surface area contributed by atoms with Crippen LogP contribution in [0.2, 0.25) is 4.34 Å². The number of hydrogen-bond acceptors (Lipinski definition) is 5. The number of pyridine rings is 1. The number of halogens is 2. The highest BCUT2D eigenvalue weighted by atomic mass is 35.5. The summed E-state index contributed by atoms with van der Waals surface area (Å²) in [5, 5.41) is 12.6. The third-order valence-electron chi connectivity index (χ3n) is 4.98. The second-order valence-electron chi connectivity index (χ2n) is 7.00. The molecule has 0 bridgehead atoms. The number of carboxylic acids is 1. The maximum absolute atomic E-state index is 14.1. The van der Waals surface area contributed by atoms with Crippen molar-refractivity contribution in [1.29, 1.82) is 0 Å². The normalized spacial score (nSPS) is 11.8. The molecule has 4 aromatic rings. The van der Waals surface area contributed by atoms with Crippen molar-refractivity contribution in [2.24, 2.45) is 0 Å². The summed E-state index contributed by atoms with van der Waals surface area (Å²) in [6.45, 7) is 0. The molecule has 2 heterocycles. The van der Waals surface area contributed by atoms with E-state index in [2.05, 4.69) is 5.32 Å². The number of methoxy groups -OCH3 is 1. The highest BCUT2D eigenvalue weighted by Crippen LogP contribution is 2.27. The number of benzene rings is 2. The summed E-state index contributed by atoms with van der Waals surface area (Å²) < 4.78 is 20.8. The van der Waals surface area contributed by atoms with Gasteiger partial charge in [0.15, 0.2) is 17.6 Å². The highest BCUT2D eigenvalue weighted by Gasteiger charge is 2.24. The maximum Gasteiger partial charge on any atom is 0.331 e. The lowest BCUT2D eigenvalue weighted by molar-refractivity contribution is -0.139. The standard InChI is InChI=1S/C23H16ClFN2O5S/c1-32-17-10-13-8-9-27(22(29)15(13)11-16(17)25)14-4-2-12(3-5-14)21(28)26-20(23(30)31)18-6-7-19(24)33-18/h2-11,20H,1H3,(H,26,28)(H,30,31). The second-order valence-corrected chi connectivity index (χ2v) is 8.75. The van der Waals surface area contributed by atoms with Crippen LogP contribution in [0.4, 0.5) is 4.39 Å². The summed E-state index contributed by atoms with van der Waals surface area (Å²) in [7, 11) is 1.34. The summed E-state index contributed by atoms with van der Waals surface area (Å²) in [5.41, 5.74) is 0.221. The molecule has 0 aliphatic heterocycles.